The number of aliphatic carboxylic acids is 1. The fourth-order valence-electron chi connectivity index (χ4n) is 2.41. The van der Waals surface area contributed by atoms with Crippen LogP contribution in [0.3, 0.4) is 0 Å². The first-order valence-corrected chi connectivity index (χ1v) is 5.48. The van der Waals surface area contributed by atoms with Gasteiger partial charge in [-0.1, -0.05) is 6.92 Å². The number of anilines is 1. The van der Waals surface area contributed by atoms with Gasteiger partial charge >= 0.3 is 5.97 Å². The van der Waals surface area contributed by atoms with E-state index in [0.29, 0.717) is 6.42 Å². The highest BCUT2D eigenvalue weighted by molar-refractivity contribution is 5.73. The molecule has 0 aliphatic carbocycles. The van der Waals surface area contributed by atoms with Gasteiger partial charge in [-0.3, -0.25) is 4.79 Å². The fourth-order valence-corrected chi connectivity index (χ4v) is 2.41. The van der Waals surface area contributed by atoms with Crippen LogP contribution in [-0.4, -0.2) is 33.6 Å². The lowest BCUT2D eigenvalue weighted by molar-refractivity contribution is -0.141. The van der Waals surface area contributed by atoms with Crippen molar-refractivity contribution in [3.8, 4) is 0 Å². The van der Waals surface area contributed by atoms with Crippen molar-refractivity contribution in [1.82, 2.24) is 9.97 Å². The van der Waals surface area contributed by atoms with E-state index < -0.39 is 5.97 Å². The molecule has 16 heavy (non-hydrogen) atoms. The zero-order chi connectivity index (χ0) is 11.5. The van der Waals surface area contributed by atoms with Crippen LogP contribution in [0.2, 0.25) is 0 Å². The zero-order valence-corrected chi connectivity index (χ0v) is 9.21. The quantitative estimate of drug-likeness (QED) is 0.829. The topological polar surface area (TPSA) is 66.3 Å². The van der Waals surface area contributed by atoms with Crippen LogP contribution in [0.4, 0.5) is 5.69 Å². The van der Waals surface area contributed by atoms with Crippen LogP contribution in [0.5, 0.6) is 0 Å². The maximum atomic E-state index is 11.1. The molecule has 0 spiro atoms. The summed E-state index contributed by atoms with van der Waals surface area (Å²) in [6.45, 7) is 2.78. The Balaban J connectivity index is 2.21. The summed E-state index contributed by atoms with van der Waals surface area (Å²) in [4.78, 5) is 21.1. The SMILES string of the molecule is CC[C@@H]1[C@@H](C(=O)O)CCN1c1cncnc1. The summed E-state index contributed by atoms with van der Waals surface area (Å²) >= 11 is 0. The molecule has 2 atom stereocenters. The Morgan fingerprint density at radius 1 is 1.56 bits per heavy atom. The molecule has 1 aromatic heterocycles. The van der Waals surface area contributed by atoms with E-state index >= 15 is 0 Å². The Morgan fingerprint density at radius 2 is 2.25 bits per heavy atom. The van der Waals surface area contributed by atoms with E-state index in [1.165, 1.54) is 6.33 Å². The standard InChI is InChI=1S/C11H15N3O2/c1-2-10-9(11(15)16)3-4-14(10)8-5-12-7-13-6-8/h5-7,9-10H,2-4H2,1H3,(H,15,16)/t9-,10+/m0/s1. The van der Waals surface area contributed by atoms with Gasteiger partial charge in [0.2, 0.25) is 0 Å². The Bertz CT molecular complexity index is 369. The number of aromatic nitrogens is 2. The first-order valence-electron chi connectivity index (χ1n) is 5.48. The van der Waals surface area contributed by atoms with E-state index in [1.54, 1.807) is 12.4 Å². The second kappa shape index (κ2) is 4.47. The molecule has 1 saturated heterocycles. The molecule has 2 heterocycles. The monoisotopic (exact) mass is 221 g/mol. The Hall–Kier alpha value is -1.65. The van der Waals surface area contributed by atoms with Crippen molar-refractivity contribution in [3.63, 3.8) is 0 Å². The van der Waals surface area contributed by atoms with Crippen molar-refractivity contribution in [2.75, 3.05) is 11.4 Å². The van der Waals surface area contributed by atoms with Crippen molar-refractivity contribution in [1.29, 1.82) is 0 Å². The summed E-state index contributed by atoms with van der Waals surface area (Å²) in [6.07, 6.45) is 6.48. The average Bonchev–Trinajstić information content (AvgIpc) is 2.73. The summed E-state index contributed by atoms with van der Waals surface area (Å²) in [5.41, 5.74) is 0.915. The van der Waals surface area contributed by atoms with Crippen molar-refractivity contribution in [2.24, 2.45) is 5.92 Å². The molecule has 2 rings (SSSR count). The number of hydrogen-bond acceptors (Lipinski definition) is 4. The predicted octanol–water partition coefficient (Wildman–Crippen LogP) is 1.17. The van der Waals surface area contributed by atoms with Crippen LogP contribution < -0.4 is 4.90 Å². The summed E-state index contributed by atoms with van der Waals surface area (Å²) in [6, 6.07) is 0.0588. The molecule has 0 saturated carbocycles. The van der Waals surface area contributed by atoms with Gasteiger partial charge in [0.15, 0.2) is 0 Å². The van der Waals surface area contributed by atoms with Crippen LogP contribution in [0, 0.1) is 5.92 Å². The van der Waals surface area contributed by atoms with Crippen molar-refractivity contribution in [3.05, 3.63) is 18.7 Å². The third kappa shape index (κ3) is 1.85. The minimum Gasteiger partial charge on any atom is -0.481 e. The first-order chi connectivity index (χ1) is 7.74. The van der Waals surface area contributed by atoms with Gasteiger partial charge in [-0.25, -0.2) is 9.97 Å². The lowest BCUT2D eigenvalue weighted by Crippen LogP contribution is -2.35. The van der Waals surface area contributed by atoms with Crippen molar-refractivity contribution in [2.45, 2.75) is 25.8 Å². The maximum Gasteiger partial charge on any atom is 0.308 e. The van der Waals surface area contributed by atoms with E-state index in [9.17, 15) is 4.79 Å². The molecule has 1 N–H and O–H groups in total. The number of hydrogen-bond donors (Lipinski definition) is 1. The van der Waals surface area contributed by atoms with Gasteiger partial charge in [-0.15, -0.1) is 0 Å². The molecule has 1 aromatic rings. The Labute approximate surface area is 94.1 Å². The molecule has 5 nitrogen and oxygen atoms in total. The summed E-state index contributed by atoms with van der Waals surface area (Å²) in [7, 11) is 0. The second-order valence-corrected chi connectivity index (χ2v) is 4.00. The number of nitrogens with zero attached hydrogens (tertiary/aromatic N) is 3. The highest BCUT2D eigenvalue weighted by atomic mass is 16.4. The highest BCUT2D eigenvalue weighted by Crippen LogP contribution is 2.30. The molecule has 0 aromatic carbocycles. The molecule has 5 heteroatoms. The molecule has 1 aliphatic heterocycles. The maximum absolute atomic E-state index is 11.1. The average molecular weight is 221 g/mol. The molecule has 0 unspecified atom stereocenters. The van der Waals surface area contributed by atoms with E-state index in [2.05, 4.69) is 14.9 Å². The van der Waals surface area contributed by atoms with Crippen LogP contribution in [-0.2, 0) is 4.79 Å². The fraction of sp³-hybridized carbons (Fsp3) is 0.545. The third-order valence-corrected chi connectivity index (χ3v) is 3.16. The van der Waals surface area contributed by atoms with E-state index in [0.717, 1.165) is 18.7 Å². The van der Waals surface area contributed by atoms with E-state index in [4.69, 9.17) is 5.11 Å². The first kappa shape index (κ1) is 10.9. The number of carbonyl (C=O) groups is 1. The molecule has 0 bridgehead atoms. The van der Waals surface area contributed by atoms with Crippen LogP contribution in [0.1, 0.15) is 19.8 Å². The Morgan fingerprint density at radius 3 is 2.81 bits per heavy atom. The van der Waals surface area contributed by atoms with E-state index in [-0.39, 0.29) is 12.0 Å². The van der Waals surface area contributed by atoms with Gasteiger partial charge in [0.1, 0.15) is 6.33 Å². The molecule has 0 radical (unpaired) electrons. The minimum atomic E-state index is -0.703. The number of carboxylic acid groups (broad SMARTS) is 1. The van der Waals surface area contributed by atoms with Gasteiger partial charge in [0.25, 0.3) is 0 Å². The normalized spacial score (nSPS) is 24.7. The van der Waals surface area contributed by atoms with Gasteiger partial charge in [0.05, 0.1) is 24.0 Å². The van der Waals surface area contributed by atoms with Crippen molar-refractivity contribution < 1.29 is 9.90 Å². The predicted molar refractivity (Wildman–Crippen MR) is 59.2 cm³/mol. The van der Waals surface area contributed by atoms with Gasteiger partial charge in [-0.2, -0.15) is 0 Å². The third-order valence-electron chi connectivity index (χ3n) is 3.16. The van der Waals surface area contributed by atoms with Gasteiger partial charge in [-0.05, 0) is 12.8 Å². The van der Waals surface area contributed by atoms with Gasteiger partial charge in [0, 0.05) is 12.6 Å². The number of carboxylic acids is 1. The lowest BCUT2D eigenvalue weighted by Gasteiger charge is -2.26. The highest BCUT2D eigenvalue weighted by Gasteiger charge is 2.37. The summed E-state index contributed by atoms with van der Waals surface area (Å²) in [5.74, 6) is -0.976. The zero-order valence-electron chi connectivity index (χ0n) is 9.21. The van der Waals surface area contributed by atoms with Crippen molar-refractivity contribution >= 4 is 11.7 Å². The second-order valence-electron chi connectivity index (χ2n) is 4.00. The molecule has 0 amide bonds. The van der Waals surface area contributed by atoms with E-state index in [1.807, 2.05) is 6.92 Å². The molecular formula is C11H15N3O2. The van der Waals surface area contributed by atoms with Crippen LogP contribution >= 0.6 is 0 Å². The minimum absolute atomic E-state index is 0.0588. The summed E-state index contributed by atoms with van der Waals surface area (Å²) < 4.78 is 0. The summed E-state index contributed by atoms with van der Waals surface area (Å²) in [5, 5.41) is 9.12. The molecule has 86 valence electrons. The largest absolute Gasteiger partial charge is 0.481 e. The van der Waals surface area contributed by atoms with Crippen LogP contribution in [0.15, 0.2) is 18.7 Å². The van der Waals surface area contributed by atoms with Crippen LogP contribution in [0.25, 0.3) is 0 Å². The number of rotatable bonds is 3. The smallest absolute Gasteiger partial charge is 0.308 e. The molecule has 1 fully saturated rings. The Kier molecular flexibility index (Phi) is 3.03. The molecular weight excluding hydrogens is 206 g/mol. The molecule has 1 aliphatic rings. The van der Waals surface area contributed by atoms with Gasteiger partial charge < -0.3 is 10.0 Å². The lowest BCUT2D eigenvalue weighted by atomic mass is 9.98.